The molecule has 1 N–H and O–H groups in total. The van der Waals surface area contributed by atoms with Crippen LogP contribution >= 0.6 is 0 Å². The summed E-state index contributed by atoms with van der Waals surface area (Å²) >= 11 is 0. The van der Waals surface area contributed by atoms with E-state index in [-0.39, 0.29) is 11.8 Å². The van der Waals surface area contributed by atoms with Gasteiger partial charge in [0.1, 0.15) is 5.52 Å². The molecule has 0 saturated carbocycles. The van der Waals surface area contributed by atoms with E-state index >= 15 is 0 Å². The van der Waals surface area contributed by atoms with E-state index in [4.69, 9.17) is 4.42 Å². The standard InChI is InChI=1S/C20H21N5O2/c1-10(2)20-23-15-9-13(6-7-16(15)27-20)22-19(26)14-8-11(3)21-18-17(14)12(4)24-25(18)5/h6-10H,1-5H3,(H,22,26). The minimum Gasteiger partial charge on any atom is -0.440 e. The fraction of sp³-hybridized carbons (Fsp3) is 0.300. The maximum Gasteiger partial charge on any atom is 0.256 e. The summed E-state index contributed by atoms with van der Waals surface area (Å²) in [5, 5.41) is 8.12. The molecule has 0 radical (unpaired) electrons. The summed E-state index contributed by atoms with van der Waals surface area (Å²) in [6.07, 6.45) is 0. The van der Waals surface area contributed by atoms with Crippen molar-refractivity contribution in [2.45, 2.75) is 33.6 Å². The van der Waals surface area contributed by atoms with Crippen LogP contribution in [0.25, 0.3) is 22.1 Å². The molecule has 3 aromatic heterocycles. The molecule has 0 fully saturated rings. The Morgan fingerprint density at radius 2 is 1.96 bits per heavy atom. The predicted octanol–water partition coefficient (Wildman–Crippen LogP) is 4.10. The largest absolute Gasteiger partial charge is 0.440 e. The van der Waals surface area contributed by atoms with Gasteiger partial charge in [-0.05, 0) is 38.1 Å². The highest BCUT2D eigenvalue weighted by molar-refractivity contribution is 6.13. The maximum absolute atomic E-state index is 13.0. The Morgan fingerprint density at radius 1 is 1.19 bits per heavy atom. The van der Waals surface area contributed by atoms with Crippen LogP contribution in [0.5, 0.6) is 0 Å². The van der Waals surface area contributed by atoms with Gasteiger partial charge in [-0.15, -0.1) is 0 Å². The van der Waals surface area contributed by atoms with Crippen molar-refractivity contribution in [3.05, 3.63) is 47.1 Å². The van der Waals surface area contributed by atoms with Crippen molar-refractivity contribution in [1.82, 2.24) is 19.7 Å². The second kappa shape index (κ2) is 6.19. The first-order valence-corrected chi connectivity index (χ1v) is 8.86. The number of aromatic nitrogens is 4. The molecular formula is C20H21N5O2. The lowest BCUT2D eigenvalue weighted by Crippen LogP contribution is -2.13. The molecule has 0 aliphatic carbocycles. The van der Waals surface area contributed by atoms with Gasteiger partial charge in [-0.1, -0.05) is 13.8 Å². The average Bonchev–Trinajstić information content (AvgIpc) is 3.15. The third-order valence-corrected chi connectivity index (χ3v) is 4.50. The molecule has 0 saturated heterocycles. The first-order valence-electron chi connectivity index (χ1n) is 8.86. The summed E-state index contributed by atoms with van der Waals surface area (Å²) < 4.78 is 7.42. The van der Waals surface area contributed by atoms with Crippen molar-refractivity contribution < 1.29 is 9.21 Å². The molecule has 138 valence electrons. The summed E-state index contributed by atoms with van der Waals surface area (Å²) in [5.74, 6) is 0.691. The lowest BCUT2D eigenvalue weighted by molar-refractivity contribution is 0.102. The van der Waals surface area contributed by atoms with Crippen LogP contribution in [0.15, 0.2) is 28.7 Å². The quantitative estimate of drug-likeness (QED) is 0.592. The molecule has 0 atom stereocenters. The summed E-state index contributed by atoms with van der Waals surface area (Å²) in [6, 6.07) is 7.26. The third-order valence-electron chi connectivity index (χ3n) is 4.50. The van der Waals surface area contributed by atoms with Gasteiger partial charge in [0.05, 0.1) is 16.6 Å². The number of pyridine rings is 1. The van der Waals surface area contributed by atoms with Crippen LogP contribution in [0.4, 0.5) is 5.69 Å². The van der Waals surface area contributed by atoms with Gasteiger partial charge in [-0.2, -0.15) is 5.10 Å². The van der Waals surface area contributed by atoms with Crippen molar-refractivity contribution in [2.24, 2.45) is 7.05 Å². The number of fused-ring (bicyclic) bond motifs is 2. The lowest BCUT2D eigenvalue weighted by Gasteiger charge is -2.08. The number of nitrogens with one attached hydrogen (secondary N) is 1. The van der Waals surface area contributed by atoms with Crippen molar-refractivity contribution >= 4 is 33.7 Å². The summed E-state index contributed by atoms with van der Waals surface area (Å²) in [5.41, 5.74) is 4.91. The number of amides is 1. The number of hydrogen-bond donors (Lipinski definition) is 1. The van der Waals surface area contributed by atoms with Crippen LogP contribution < -0.4 is 5.32 Å². The molecular weight excluding hydrogens is 342 g/mol. The van der Waals surface area contributed by atoms with Crippen LogP contribution in [0, 0.1) is 13.8 Å². The van der Waals surface area contributed by atoms with Crippen molar-refractivity contribution in [1.29, 1.82) is 0 Å². The number of oxazole rings is 1. The number of rotatable bonds is 3. The number of benzene rings is 1. The van der Waals surface area contributed by atoms with Gasteiger partial charge in [0.2, 0.25) is 0 Å². The fourth-order valence-electron chi connectivity index (χ4n) is 3.22. The molecule has 0 spiro atoms. The number of carbonyl (C=O) groups is 1. The zero-order chi connectivity index (χ0) is 19.3. The molecule has 27 heavy (non-hydrogen) atoms. The second-order valence-corrected chi connectivity index (χ2v) is 7.06. The fourth-order valence-corrected chi connectivity index (χ4v) is 3.22. The first kappa shape index (κ1) is 17.2. The van der Waals surface area contributed by atoms with E-state index in [9.17, 15) is 4.79 Å². The average molecular weight is 363 g/mol. The van der Waals surface area contributed by atoms with Gasteiger partial charge in [-0.25, -0.2) is 9.97 Å². The molecule has 0 bridgehead atoms. The maximum atomic E-state index is 13.0. The van der Waals surface area contributed by atoms with E-state index in [1.165, 1.54) is 0 Å². The van der Waals surface area contributed by atoms with Gasteiger partial charge < -0.3 is 9.73 Å². The van der Waals surface area contributed by atoms with Gasteiger partial charge in [0.15, 0.2) is 17.1 Å². The van der Waals surface area contributed by atoms with Crippen molar-refractivity contribution in [3.63, 3.8) is 0 Å². The zero-order valence-corrected chi connectivity index (χ0v) is 16.0. The van der Waals surface area contributed by atoms with Crippen LogP contribution in [0.3, 0.4) is 0 Å². The Kier molecular flexibility index (Phi) is 3.95. The SMILES string of the molecule is Cc1cc(C(=O)Nc2ccc3oc(C(C)C)nc3c2)c2c(C)nn(C)c2n1. The van der Waals surface area contributed by atoms with E-state index in [2.05, 4.69) is 20.4 Å². The van der Waals surface area contributed by atoms with Crippen LogP contribution in [0.2, 0.25) is 0 Å². The summed E-state index contributed by atoms with van der Waals surface area (Å²) in [7, 11) is 1.83. The molecule has 4 rings (SSSR count). The van der Waals surface area contributed by atoms with E-state index in [0.29, 0.717) is 28.4 Å². The number of aryl methyl sites for hydroxylation is 3. The molecule has 0 unspecified atom stereocenters. The topological polar surface area (TPSA) is 85.8 Å². The van der Waals surface area contributed by atoms with E-state index < -0.39 is 0 Å². The highest BCUT2D eigenvalue weighted by Crippen LogP contribution is 2.26. The molecule has 1 aromatic carbocycles. The third kappa shape index (κ3) is 2.95. The highest BCUT2D eigenvalue weighted by Gasteiger charge is 2.18. The monoisotopic (exact) mass is 363 g/mol. The molecule has 7 nitrogen and oxygen atoms in total. The molecule has 0 aliphatic rings. The minimum atomic E-state index is -0.200. The van der Waals surface area contributed by atoms with E-state index in [0.717, 1.165) is 22.3 Å². The highest BCUT2D eigenvalue weighted by atomic mass is 16.3. The van der Waals surface area contributed by atoms with E-state index in [1.54, 1.807) is 10.7 Å². The minimum absolute atomic E-state index is 0.200. The van der Waals surface area contributed by atoms with E-state index in [1.807, 2.05) is 52.9 Å². The zero-order valence-electron chi connectivity index (χ0n) is 16.0. The van der Waals surface area contributed by atoms with Gasteiger partial charge in [0.25, 0.3) is 5.91 Å². The van der Waals surface area contributed by atoms with Gasteiger partial charge in [0, 0.05) is 24.3 Å². The number of nitrogens with zero attached hydrogens (tertiary/aromatic N) is 4. The second-order valence-electron chi connectivity index (χ2n) is 7.06. The number of anilines is 1. The van der Waals surface area contributed by atoms with Gasteiger partial charge in [-0.3, -0.25) is 9.48 Å². The first-order chi connectivity index (χ1) is 12.8. The Labute approximate surface area is 156 Å². The Morgan fingerprint density at radius 3 is 2.70 bits per heavy atom. The molecule has 4 aromatic rings. The summed E-state index contributed by atoms with van der Waals surface area (Å²) in [6.45, 7) is 7.81. The van der Waals surface area contributed by atoms with Gasteiger partial charge >= 0.3 is 0 Å². The van der Waals surface area contributed by atoms with Crippen molar-refractivity contribution in [2.75, 3.05) is 5.32 Å². The predicted molar refractivity (Wildman–Crippen MR) is 104 cm³/mol. The molecule has 7 heteroatoms. The Bertz CT molecular complexity index is 1190. The Hall–Kier alpha value is -3.22. The lowest BCUT2D eigenvalue weighted by atomic mass is 10.1. The molecule has 3 heterocycles. The van der Waals surface area contributed by atoms with Crippen LogP contribution in [0.1, 0.15) is 47.4 Å². The smallest absolute Gasteiger partial charge is 0.256 e. The molecule has 1 amide bonds. The number of hydrogen-bond acceptors (Lipinski definition) is 5. The summed E-state index contributed by atoms with van der Waals surface area (Å²) in [4.78, 5) is 22.0. The molecule has 0 aliphatic heterocycles. The Balaban J connectivity index is 1.72. The van der Waals surface area contributed by atoms with Crippen molar-refractivity contribution in [3.8, 4) is 0 Å². The normalized spacial score (nSPS) is 11.6. The van der Waals surface area contributed by atoms with Crippen LogP contribution in [-0.4, -0.2) is 25.7 Å². The number of carbonyl (C=O) groups excluding carboxylic acids is 1. The van der Waals surface area contributed by atoms with Crippen LogP contribution in [-0.2, 0) is 7.05 Å².